The molecule has 2 N–H and O–H groups in total. The zero-order valence-corrected chi connectivity index (χ0v) is 6.66. The van der Waals surface area contributed by atoms with Crippen molar-refractivity contribution in [3.8, 4) is 5.75 Å². The van der Waals surface area contributed by atoms with Crippen molar-refractivity contribution < 1.29 is 9.84 Å². The van der Waals surface area contributed by atoms with Crippen LogP contribution in [-0.4, -0.2) is 24.4 Å². The SMILES string of the molecule is Oc1ccc(NCC2CO2)cc1. The number of nitrogens with one attached hydrogen (secondary N) is 1. The van der Waals surface area contributed by atoms with Crippen LogP contribution in [0.15, 0.2) is 24.3 Å². The molecule has 3 nitrogen and oxygen atoms in total. The zero-order valence-electron chi connectivity index (χ0n) is 6.66. The molecule has 1 heterocycles. The molecule has 1 aliphatic rings. The Balaban J connectivity index is 1.89. The average molecular weight is 165 g/mol. The first-order valence-corrected chi connectivity index (χ1v) is 3.99. The minimum Gasteiger partial charge on any atom is -0.508 e. The summed E-state index contributed by atoms with van der Waals surface area (Å²) >= 11 is 0. The van der Waals surface area contributed by atoms with E-state index in [2.05, 4.69) is 5.32 Å². The number of anilines is 1. The summed E-state index contributed by atoms with van der Waals surface area (Å²) in [5.41, 5.74) is 1.02. The molecular formula is C9H11NO2. The Morgan fingerprint density at radius 1 is 1.42 bits per heavy atom. The Bertz CT molecular complexity index is 254. The molecule has 1 fully saturated rings. The Morgan fingerprint density at radius 3 is 2.67 bits per heavy atom. The van der Waals surface area contributed by atoms with Gasteiger partial charge in [-0.05, 0) is 24.3 Å². The highest BCUT2D eigenvalue weighted by atomic mass is 16.6. The number of ether oxygens (including phenoxy) is 1. The molecule has 3 heteroatoms. The molecular weight excluding hydrogens is 154 g/mol. The quantitative estimate of drug-likeness (QED) is 0.522. The van der Waals surface area contributed by atoms with E-state index >= 15 is 0 Å². The number of aromatic hydroxyl groups is 1. The van der Waals surface area contributed by atoms with Gasteiger partial charge in [-0.25, -0.2) is 0 Å². The summed E-state index contributed by atoms with van der Waals surface area (Å²) in [6, 6.07) is 7.02. The maximum atomic E-state index is 8.99. The summed E-state index contributed by atoms with van der Waals surface area (Å²) in [6.45, 7) is 1.72. The van der Waals surface area contributed by atoms with Gasteiger partial charge in [-0.1, -0.05) is 0 Å². The number of epoxide rings is 1. The van der Waals surface area contributed by atoms with Gasteiger partial charge in [0.1, 0.15) is 5.75 Å². The van der Waals surface area contributed by atoms with Crippen LogP contribution in [0.3, 0.4) is 0 Å². The fourth-order valence-corrected chi connectivity index (χ4v) is 0.997. The van der Waals surface area contributed by atoms with E-state index in [1.165, 1.54) is 0 Å². The molecule has 0 aromatic heterocycles. The highest BCUT2D eigenvalue weighted by molar-refractivity contribution is 5.46. The number of benzene rings is 1. The van der Waals surface area contributed by atoms with Crippen LogP contribution in [0.25, 0.3) is 0 Å². The van der Waals surface area contributed by atoms with Crippen molar-refractivity contribution in [2.75, 3.05) is 18.5 Å². The number of phenolic OH excluding ortho intramolecular Hbond substituents is 1. The molecule has 64 valence electrons. The lowest BCUT2D eigenvalue weighted by Gasteiger charge is -2.02. The van der Waals surface area contributed by atoms with E-state index in [0.29, 0.717) is 11.9 Å². The van der Waals surface area contributed by atoms with E-state index in [1.807, 2.05) is 12.1 Å². The van der Waals surface area contributed by atoms with Gasteiger partial charge in [0.25, 0.3) is 0 Å². The molecule has 0 radical (unpaired) electrons. The zero-order chi connectivity index (χ0) is 8.39. The van der Waals surface area contributed by atoms with E-state index < -0.39 is 0 Å². The maximum absolute atomic E-state index is 8.99. The fraction of sp³-hybridized carbons (Fsp3) is 0.333. The van der Waals surface area contributed by atoms with E-state index in [9.17, 15) is 0 Å². The highest BCUT2D eigenvalue weighted by Gasteiger charge is 2.21. The van der Waals surface area contributed by atoms with Crippen LogP contribution < -0.4 is 5.32 Å². The normalized spacial score (nSPS) is 20.5. The smallest absolute Gasteiger partial charge is 0.115 e. The monoisotopic (exact) mass is 165 g/mol. The van der Waals surface area contributed by atoms with Crippen molar-refractivity contribution in [1.29, 1.82) is 0 Å². The Hall–Kier alpha value is -1.22. The van der Waals surface area contributed by atoms with Gasteiger partial charge in [0.2, 0.25) is 0 Å². The van der Waals surface area contributed by atoms with Gasteiger partial charge < -0.3 is 15.2 Å². The highest BCUT2D eigenvalue weighted by Crippen LogP contribution is 2.15. The van der Waals surface area contributed by atoms with Crippen LogP contribution in [0, 0.1) is 0 Å². The third kappa shape index (κ3) is 1.89. The summed E-state index contributed by atoms with van der Waals surface area (Å²) < 4.78 is 5.04. The molecule has 0 spiro atoms. The molecule has 1 aromatic carbocycles. The van der Waals surface area contributed by atoms with Gasteiger partial charge in [-0.15, -0.1) is 0 Å². The molecule has 0 aliphatic carbocycles. The second kappa shape index (κ2) is 3.03. The van der Waals surface area contributed by atoms with Crippen molar-refractivity contribution in [3.63, 3.8) is 0 Å². The van der Waals surface area contributed by atoms with Crippen molar-refractivity contribution in [1.82, 2.24) is 0 Å². The predicted molar refractivity (Wildman–Crippen MR) is 46.3 cm³/mol. The molecule has 0 bridgehead atoms. The van der Waals surface area contributed by atoms with Gasteiger partial charge in [0, 0.05) is 12.2 Å². The van der Waals surface area contributed by atoms with Crippen LogP contribution >= 0.6 is 0 Å². The summed E-state index contributed by atoms with van der Waals surface area (Å²) in [5, 5.41) is 12.2. The average Bonchev–Trinajstić information content (AvgIpc) is 2.87. The number of phenols is 1. The third-order valence-corrected chi connectivity index (χ3v) is 1.80. The molecule has 1 unspecified atom stereocenters. The van der Waals surface area contributed by atoms with Crippen LogP contribution in [0.1, 0.15) is 0 Å². The third-order valence-electron chi connectivity index (χ3n) is 1.80. The topological polar surface area (TPSA) is 44.8 Å². The molecule has 1 aliphatic heterocycles. The van der Waals surface area contributed by atoms with Crippen molar-refractivity contribution in [2.24, 2.45) is 0 Å². The van der Waals surface area contributed by atoms with Gasteiger partial charge in [0.15, 0.2) is 0 Å². The lowest BCUT2D eigenvalue weighted by molar-refractivity contribution is 0.416. The maximum Gasteiger partial charge on any atom is 0.115 e. The standard InChI is InChI=1S/C9H11NO2/c11-8-3-1-7(2-4-8)10-5-9-6-12-9/h1-4,9-11H,5-6H2. The molecule has 12 heavy (non-hydrogen) atoms. The number of hydrogen-bond donors (Lipinski definition) is 2. The lowest BCUT2D eigenvalue weighted by atomic mass is 10.3. The molecule has 1 aromatic rings. The minimum absolute atomic E-state index is 0.295. The first-order valence-electron chi connectivity index (χ1n) is 3.99. The Morgan fingerprint density at radius 2 is 2.08 bits per heavy atom. The van der Waals surface area contributed by atoms with Crippen LogP contribution in [0.2, 0.25) is 0 Å². The summed E-state index contributed by atoms with van der Waals surface area (Å²) in [6.07, 6.45) is 0.388. The molecule has 1 atom stereocenters. The van der Waals surface area contributed by atoms with Gasteiger partial charge in [0.05, 0.1) is 12.7 Å². The van der Waals surface area contributed by atoms with E-state index in [0.717, 1.165) is 18.8 Å². The summed E-state index contributed by atoms with van der Waals surface area (Å²) in [7, 11) is 0. The van der Waals surface area contributed by atoms with Gasteiger partial charge in [-0.3, -0.25) is 0 Å². The largest absolute Gasteiger partial charge is 0.508 e. The molecule has 0 amide bonds. The minimum atomic E-state index is 0.295. The van der Waals surface area contributed by atoms with Crippen molar-refractivity contribution >= 4 is 5.69 Å². The first-order chi connectivity index (χ1) is 5.84. The van der Waals surface area contributed by atoms with E-state index in [-0.39, 0.29) is 0 Å². The number of rotatable bonds is 3. The second-order valence-corrected chi connectivity index (χ2v) is 2.88. The van der Waals surface area contributed by atoms with Crippen molar-refractivity contribution in [3.05, 3.63) is 24.3 Å². The lowest BCUT2D eigenvalue weighted by Crippen LogP contribution is -2.06. The van der Waals surface area contributed by atoms with Crippen LogP contribution in [0.4, 0.5) is 5.69 Å². The van der Waals surface area contributed by atoms with Gasteiger partial charge in [-0.2, -0.15) is 0 Å². The molecule has 1 saturated heterocycles. The Kier molecular flexibility index (Phi) is 1.87. The van der Waals surface area contributed by atoms with Crippen LogP contribution in [0.5, 0.6) is 5.75 Å². The van der Waals surface area contributed by atoms with Crippen molar-refractivity contribution in [2.45, 2.75) is 6.10 Å². The van der Waals surface area contributed by atoms with E-state index in [4.69, 9.17) is 9.84 Å². The van der Waals surface area contributed by atoms with Gasteiger partial charge >= 0.3 is 0 Å². The second-order valence-electron chi connectivity index (χ2n) is 2.88. The first kappa shape index (κ1) is 7.43. The summed E-state index contributed by atoms with van der Waals surface area (Å²) in [4.78, 5) is 0. The Labute approximate surface area is 71.0 Å². The van der Waals surface area contributed by atoms with E-state index in [1.54, 1.807) is 12.1 Å². The number of hydrogen-bond acceptors (Lipinski definition) is 3. The predicted octanol–water partition coefficient (Wildman–Crippen LogP) is 1.20. The molecule has 2 rings (SSSR count). The molecule has 0 saturated carbocycles. The summed E-state index contributed by atoms with van der Waals surface area (Å²) in [5.74, 6) is 0.295. The fourth-order valence-electron chi connectivity index (χ4n) is 0.997. The van der Waals surface area contributed by atoms with Crippen LogP contribution in [-0.2, 0) is 4.74 Å².